The molecule has 6 nitrogen and oxygen atoms in total. The lowest BCUT2D eigenvalue weighted by molar-refractivity contribution is 0.103. The van der Waals surface area contributed by atoms with Gasteiger partial charge in [-0.2, -0.15) is 0 Å². The zero-order chi connectivity index (χ0) is 13.1. The maximum atomic E-state index is 11.8. The molecule has 2 rings (SSSR count). The smallest absolute Gasteiger partial charge is 0.414 e. The quantitative estimate of drug-likeness (QED) is 0.626. The summed E-state index contributed by atoms with van der Waals surface area (Å²) < 4.78 is 9.80. The van der Waals surface area contributed by atoms with Crippen molar-refractivity contribution in [3.63, 3.8) is 0 Å². The summed E-state index contributed by atoms with van der Waals surface area (Å²) in [5.41, 5.74) is 1.39. The Bertz CT molecular complexity index is 460. The predicted octanol–water partition coefficient (Wildman–Crippen LogP) is 1.24. The highest BCUT2D eigenvalue weighted by atomic mass is 16.6. The van der Waals surface area contributed by atoms with E-state index in [1.807, 2.05) is 0 Å². The van der Waals surface area contributed by atoms with Crippen LogP contribution in [0, 0.1) is 0 Å². The molecule has 0 saturated heterocycles. The molecule has 6 heteroatoms. The Kier molecular flexibility index (Phi) is 3.57. The van der Waals surface area contributed by atoms with Gasteiger partial charge < -0.3 is 19.7 Å². The number of amides is 1. The summed E-state index contributed by atoms with van der Waals surface area (Å²) >= 11 is 0. The number of anilines is 1. The monoisotopic (exact) mass is 253 g/mol. The highest BCUT2D eigenvalue weighted by Gasteiger charge is 2.27. The second-order valence-corrected chi connectivity index (χ2v) is 3.98. The van der Waals surface area contributed by atoms with Crippen LogP contribution in [0.15, 0.2) is 12.1 Å². The molecule has 1 aromatic carbocycles. The van der Waals surface area contributed by atoms with Gasteiger partial charge in [0.2, 0.25) is 0 Å². The lowest BCUT2D eigenvalue weighted by Gasteiger charge is -2.17. The molecule has 0 bridgehead atoms. The summed E-state index contributed by atoms with van der Waals surface area (Å²) in [6.07, 6.45) is 0.152. The molecule has 18 heavy (non-hydrogen) atoms. The van der Waals surface area contributed by atoms with Gasteiger partial charge in [0.25, 0.3) is 0 Å². The summed E-state index contributed by atoms with van der Waals surface area (Å²) in [7, 11) is 1.53. The van der Waals surface area contributed by atoms with E-state index in [1.165, 1.54) is 24.1 Å². The predicted molar refractivity (Wildman–Crippen MR) is 64.0 cm³/mol. The van der Waals surface area contributed by atoms with Crippen molar-refractivity contribution in [2.45, 2.75) is 6.42 Å². The number of benzene rings is 1. The first-order valence-corrected chi connectivity index (χ1v) is 5.61. The van der Waals surface area contributed by atoms with E-state index >= 15 is 0 Å². The molecule has 0 spiro atoms. The maximum absolute atomic E-state index is 11.8. The van der Waals surface area contributed by atoms with Crippen LogP contribution in [0.3, 0.4) is 0 Å². The van der Waals surface area contributed by atoms with Crippen LogP contribution in [0.4, 0.5) is 10.5 Å². The minimum atomic E-state index is -0.476. The number of hydrogen-bond donors (Lipinski definition) is 2. The van der Waals surface area contributed by atoms with E-state index in [0.717, 1.165) is 5.56 Å². The minimum absolute atomic E-state index is 0.177. The van der Waals surface area contributed by atoms with Crippen LogP contribution in [-0.4, -0.2) is 43.2 Å². The van der Waals surface area contributed by atoms with Crippen molar-refractivity contribution in [3.05, 3.63) is 17.7 Å². The van der Waals surface area contributed by atoms with E-state index in [2.05, 4.69) is 0 Å². The van der Waals surface area contributed by atoms with Crippen LogP contribution in [0.2, 0.25) is 0 Å². The van der Waals surface area contributed by atoms with Crippen LogP contribution in [-0.2, 0) is 15.9 Å². The molecule has 1 aliphatic rings. The highest BCUT2D eigenvalue weighted by molar-refractivity contribution is 5.91. The Hall–Kier alpha value is -1.95. The molecule has 0 radical (unpaired) electrons. The summed E-state index contributed by atoms with van der Waals surface area (Å²) in [5.74, 6) is -0.423. The fourth-order valence-electron chi connectivity index (χ4n) is 1.89. The Labute approximate surface area is 104 Å². The SMILES string of the molecule is COCCOC(=O)N1CCc2cc(O)c(O)cc21. The van der Waals surface area contributed by atoms with E-state index in [-0.39, 0.29) is 18.1 Å². The molecule has 0 saturated carbocycles. The number of hydrogen-bond acceptors (Lipinski definition) is 5. The van der Waals surface area contributed by atoms with Crippen molar-refractivity contribution >= 4 is 11.8 Å². The first-order chi connectivity index (χ1) is 8.63. The molecule has 2 N–H and O–H groups in total. The minimum Gasteiger partial charge on any atom is -0.504 e. The fourth-order valence-corrected chi connectivity index (χ4v) is 1.89. The largest absolute Gasteiger partial charge is 0.504 e. The van der Waals surface area contributed by atoms with Gasteiger partial charge in [-0.25, -0.2) is 4.79 Å². The van der Waals surface area contributed by atoms with Gasteiger partial charge in [0, 0.05) is 19.7 Å². The summed E-state index contributed by atoms with van der Waals surface area (Å²) in [4.78, 5) is 13.2. The number of ether oxygens (including phenoxy) is 2. The Morgan fingerprint density at radius 1 is 1.33 bits per heavy atom. The Morgan fingerprint density at radius 2 is 2.06 bits per heavy atom. The number of rotatable bonds is 3. The van der Waals surface area contributed by atoms with Crippen molar-refractivity contribution in [2.24, 2.45) is 0 Å². The molecule has 0 aliphatic carbocycles. The topological polar surface area (TPSA) is 79.2 Å². The third kappa shape index (κ3) is 2.33. The van der Waals surface area contributed by atoms with Crippen molar-refractivity contribution in [2.75, 3.05) is 31.8 Å². The van der Waals surface area contributed by atoms with Gasteiger partial charge in [-0.15, -0.1) is 0 Å². The Balaban J connectivity index is 2.11. The number of carbonyl (C=O) groups excluding carboxylic acids is 1. The van der Waals surface area contributed by atoms with Crippen LogP contribution in [0.1, 0.15) is 5.56 Å². The normalized spacial score (nSPS) is 13.5. The third-order valence-electron chi connectivity index (χ3n) is 2.80. The number of phenols is 2. The van der Waals surface area contributed by atoms with E-state index in [1.54, 1.807) is 0 Å². The van der Waals surface area contributed by atoms with Gasteiger partial charge >= 0.3 is 6.09 Å². The average Bonchev–Trinajstić information content (AvgIpc) is 2.73. The van der Waals surface area contributed by atoms with Gasteiger partial charge in [-0.1, -0.05) is 0 Å². The first-order valence-electron chi connectivity index (χ1n) is 5.61. The third-order valence-corrected chi connectivity index (χ3v) is 2.80. The molecule has 98 valence electrons. The number of phenolic OH excluding ortho intramolecular Hbond substituents is 2. The second-order valence-electron chi connectivity index (χ2n) is 3.98. The Morgan fingerprint density at radius 3 is 2.78 bits per heavy atom. The number of methoxy groups -OCH3 is 1. The van der Waals surface area contributed by atoms with Crippen LogP contribution < -0.4 is 4.90 Å². The maximum Gasteiger partial charge on any atom is 0.414 e. The molecule has 0 aromatic heterocycles. The van der Waals surface area contributed by atoms with E-state index < -0.39 is 6.09 Å². The highest BCUT2D eigenvalue weighted by Crippen LogP contribution is 2.37. The zero-order valence-electron chi connectivity index (χ0n) is 10.0. The molecule has 1 heterocycles. The average molecular weight is 253 g/mol. The van der Waals surface area contributed by atoms with Gasteiger partial charge in [0.1, 0.15) is 6.61 Å². The van der Waals surface area contributed by atoms with Gasteiger partial charge in [0.15, 0.2) is 11.5 Å². The van der Waals surface area contributed by atoms with E-state index in [4.69, 9.17) is 9.47 Å². The van der Waals surface area contributed by atoms with Gasteiger partial charge in [-0.05, 0) is 18.1 Å². The van der Waals surface area contributed by atoms with Crippen LogP contribution >= 0.6 is 0 Å². The second kappa shape index (κ2) is 5.14. The van der Waals surface area contributed by atoms with Crippen molar-refractivity contribution < 1.29 is 24.5 Å². The summed E-state index contributed by atoms with van der Waals surface area (Å²) in [6, 6.07) is 2.84. The molecule has 1 amide bonds. The molecule has 1 aromatic rings. The van der Waals surface area contributed by atoms with Gasteiger partial charge in [-0.3, -0.25) is 4.90 Å². The van der Waals surface area contributed by atoms with E-state index in [0.29, 0.717) is 25.3 Å². The fraction of sp³-hybridized carbons (Fsp3) is 0.417. The molecular formula is C12H15NO5. The molecule has 0 fully saturated rings. The summed E-state index contributed by atoms with van der Waals surface area (Å²) in [6.45, 7) is 1.00. The zero-order valence-corrected chi connectivity index (χ0v) is 10.0. The molecular weight excluding hydrogens is 238 g/mol. The summed E-state index contributed by atoms with van der Waals surface area (Å²) in [5, 5.41) is 18.8. The van der Waals surface area contributed by atoms with Crippen LogP contribution in [0.25, 0.3) is 0 Å². The first kappa shape index (κ1) is 12.5. The molecule has 1 aliphatic heterocycles. The lowest BCUT2D eigenvalue weighted by Crippen LogP contribution is -2.30. The number of aromatic hydroxyl groups is 2. The molecule has 0 atom stereocenters. The van der Waals surface area contributed by atoms with Crippen molar-refractivity contribution in [3.8, 4) is 11.5 Å². The van der Waals surface area contributed by atoms with Gasteiger partial charge in [0.05, 0.1) is 12.3 Å². The standard InChI is InChI=1S/C12H15NO5/c1-17-4-5-18-12(16)13-3-2-8-6-10(14)11(15)7-9(8)13/h6-7,14-15H,2-5H2,1H3. The van der Waals surface area contributed by atoms with Crippen LogP contribution in [0.5, 0.6) is 11.5 Å². The van der Waals surface area contributed by atoms with Crippen molar-refractivity contribution in [1.29, 1.82) is 0 Å². The number of fused-ring (bicyclic) bond motifs is 1. The number of carbonyl (C=O) groups is 1. The lowest BCUT2D eigenvalue weighted by atomic mass is 10.1. The van der Waals surface area contributed by atoms with Crippen molar-refractivity contribution in [1.82, 2.24) is 0 Å². The molecule has 0 unspecified atom stereocenters. The van der Waals surface area contributed by atoms with E-state index in [9.17, 15) is 15.0 Å². The number of nitrogens with zero attached hydrogens (tertiary/aromatic N) is 1.